The molecule has 0 bridgehead atoms. The number of nitrogens with two attached hydrogens (primary N) is 1. The van der Waals surface area contributed by atoms with Gasteiger partial charge in [0, 0.05) is 5.56 Å². The maximum absolute atomic E-state index is 13.6. The molecule has 156 valence electrons. The van der Waals surface area contributed by atoms with E-state index in [1.807, 2.05) is 30.3 Å². The number of halogens is 1. The fourth-order valence-corrected chi connectivity index (χ4v) is 3.26. The third kappa shape index (κ3) is 4.28. The van der Waals surface area contributed by atoms with E-state index >= 15 is 0 Å². The molecule has 0 spiro atoms. The van der Waals surface area contributed by atoms with Crippen molar-refractivity contribution in [3.8, 4) is 11.3 Å². The van der Waals surface area contributed by atoms with Gasteiger partial charge in [0.15, 0.2) is 5.65 Å². The highest BCUT2D eigenvalue weighted by molar-refractivity contribution is 6.07. The Hall–Kier alpha value is -4.07. The number of carbonyl (C=O) groups is 2. The molecule has 31 heavy (non-hydrogen) atoms. The monoisotopic (exact) mass is 417 g/mol. The Labute approximate surface area is 177 Å². The SMILES string of the molecule is CC(NC(=O)c1cc(-c2ccccc2)nc2c1cnn2Cc1cccc(F)c1)C(N)=O. The Bertz CT molecular complexity index is 1270. The number of hydrogen-bond acceptors (Lipinski definition) is 4. The van der Waals surface area contributed by atoms with Crippen LogP contribution in [0.1, 0.15) is 22.8 Å². The second kappa shape index (κ2) is 8.35. The Morgan fingerprint density at radius 3 is 2.61 bits per heavy atom. The molecule has 0 saturated carbocycles. The van der Waals surface area contributed by atoms with Gasteiger partial charge < -0.3 is 11.1 Å². The molecule has 0 saturated heterocycles. The van der Waals surface area contributed by atoms with Crippen molar-refractivity contribution in [1.82, 2.24) is 20.1 Å². The first-order chi connectivity index (χ1) is 14.9. The van der Waals surface area contributed by atoms with Gasteiger partial charge in [-0.2, -0.15) is 5.10 Å². The van der Waals surface area contributed by atoms with E-state index in [2.05, 4.69) is 10.4 Å². The van der Waals surface area contributed by atoms with Crippen LogP contribution in [-0.4, -0.2) is 32.6 Å². The molecule has 0 aliphatic carbocycles. The molecule has 0 fully saturated rings. The zero-order valence-corrected chi connectivity index (χ0v) is 16.7. The van der Waals surface area contributed by atoms with Gasteiger partial charge in [-0.3, -0.25) is 9.59 Å². The molecule has 2 amide bonds. The molecule has 7 nitrogen and oxygen atoms in total. The quantitative estimate of drug-likeness (QED) is 0.503. The maximum Gasteiger partial charge on any atom is 0.252 e. The van der Waals surface area contributed by atoms with Gasteiger partial charge in [0.2, 0.25) is 5.91 Å². The summed E-state index contributed by atoms with van der Waals surface area (Å²) in [7, 11) is 0. The fourth-order valence-electron chi connectivity index (χ4n) is 3.26. The number of nitrogens with one attached hydrogen (secondary N) is 1. The van der Waals surface area contributed by atoms with Crippen molar-refractivity contribution < 1.29 is 14.0 Å². The van der Waals surface area contributed by atoms with Crippen molar-refractivity contribution in [3.05, 3.63) is 83.8 Å². The van der Waals surface area contributed by atoms with Crippen LogP contribution in [0.25, 0.3) is 22.3 Å². The second-order valence-corrected chi connectivity index (χ2v) is 7.19. The van der Waals surface area contributed by atoms with E-state index in [0.29, 0.717) is 27.9 Å². The molecule has 2 heterocycles. The zero-order valence-electron chi connectivity index (χ0n) is 16.7. The van der Waals surface area contributed by atoms with Gasteiger partial charge in [0.05, 0.1) is 29.4 Å². The Kier molecular flexibility index (Phi) is 5.44. The van der Waals surface area contributed by atoms with Gasteiger partial charge >= 0.3 is 0 Å². The van der Waals surface area contributed by atoms with Gasteiger partial charge in [-0.05, 0) is 30.7 Å². The Morgan fingerprint density at radius 1 is 1.13 bits per heavy atom. The fraction of sp³-hybridized carbons (Fsp3) is 0.130. The van der Waals surface area contributed by atoms with Crippen LogP contribution < -0.4 is 11.1 Å². The smallest absolute Gasteiger partial charge is 0.252 e. The van der Waals surface area contributed by atoms with Gasteiger partial charge in [-0.1, -0.05) is 42.5 Å². The summed E-state index contributed by atoms with van der Waals surface area (Å²) >= 11 is 0. The average Bonchev–Trinajstić information content (AvgIpc) is 3.16. The molecule has 1 unspecified atom stereocenters. The predicted molar refractivity (Wildman–Crippen MR) is 115 cm³/mol. The Morgan fingerprint density at radius 2 is 1.90 bits per heavy atom. The number of amides is 2. The maximum atomic E-state index is 13.6. The third-order valence-electron chi connectivity index (χ3n) is 4.92. The highest BCUT2D eigenvalue weighted by Gasteiger charge is 2.20. The summed E-state index contributed by atoms with van der Waals surface area (Å²) in [5.41, 5.74) is 8.19. The van der Waals surface area contributed by atoms with E-state index in [-0.39, 0.29) is 12.4 Å². The summed E-state index contributed by atoms with van der Waals surface area (Å²) in [5.74, 6) is -1.43. The van der Waals surface area contributed by atoms with Gasteiger partial charge in [0.25, 0.3) is 5.91 Å². The van der Waals surface area contributed by atoms with Crippen LogP contribution in [0.5, 0.6) is 0 Å². The molecule has 1 atom stereocenters. The largest absolute Gasteiger partial charge is 0.368 e. The first-order valence-electron chi connectivity index (χ1n) is 9.69. The zero-order chi connectivity index (χ0) is 22.0. The Balaban J connectivity index is 1.83. The number of hydrogen-bond donors (Lipinski definition) is 2. The van der Waals surface area contributed by atoms with Crippen molar-refractivity contribution in [3.63, 3.8) is 0 Å². The van der Waals surface area contributed by atoms with E-state index < -0.39 is 17.9 Å². The highest BCUT2D eigenvalue weighted by Crippen LogP contribution is 2.25. The molecule has 4 aromatic rings. The number of fused-ring (bicyclic) bond motifs is 1. The summed E-state index contributed by atoms with van der Waals surface area (Å²) in [6.07, 6.45) is 1.54. The van der Waals surface area contributed by atoms with Crippen LogP contribution in [0.2, 0.25) is 0 Å². The number of carbonyl (C=O) groups excluding carboxylic acids is 2. The van der Waals surface area contributed by atoms with Crippen LogP contribution in [-0.2, 0) is 11.3 Å². The summed E-state index contributed by atoms with van der Waals surface area (Å²) in [4.78, 5) is 29.1. The molecule has 4 rings (SSSR count). The van der Waals surface area contributed by atoms with Crippen molar-refractivity contribution in [2.75, 3.05) is 0 Å². The normalized spacial score (nSPS) is 11.9. The molecule has 0 aliphatic heterocycles. The van der Waals surface area contributed by atoms with Crippen LogP contribution in [0.4, 0.5) is 4.39 Å². The van der Waals surface area contributed by atoms with Crippen molar-refractivity contribution in [1.29, 1.82) is 0 Å². The second-order valence-electron chi connectivity index (χ2n) is 7.19. The molecule has 0 radical (unpaired) electrons. The van der Waals surface area contributed by atoms with Gasteiger partial charge in [0.1, 0.15) is 11.9 Å². The summed E-state index contributed by atoms with van der Waals surface area (Å²) in [5, 5.41) is 7.50. The van der Waals surface area contributed by atoms with E-state index in [0.717, 1.165) is 5.56 Å². The van der Waals surface area contributed by atoms with E-state index in [1.54, 1.807) is 29.1 Å². The first-order valence-corrected chi connectivity index (χ1v) is 9.69. The number of pyridine rings is 1. The van der Waals surface area contributed by atoms with E-state index in [1.165, 1.54) is 19.1 Å². The van der Waals surface area contributed by atoms with Crippen molar-refractivity contribution >= 4 is 22.8 Å². The molecular weight excluding hydrogens is 397 g/mol. The third-order valence-corrected chi connectivity index (χ3v) is 4.92. The van der Waals surface area contributed by atoms with Crippen LogP contribution in [0, 0.1) is 5.82 Å². The van der Waals surface area contributed by atoms with Crippen LogP contribution in [0.3, 0.4) is 0 Å². The highest BCUT2D eigenvalue weighted by atomic mass is 19.1. The minimum Gasteiger partial charge on any atom is -0.368 e. The lowest BCUT2D eigenvalue weighted by Gasteiger charge is -2.12. The summed E-state index contributed by atoms with van der Waals surface area (Å²) < 4.78 is 15.2. The van der Waals surface area contributed by atoms with Crippen LogP contribution in [0.15, 0.2) is 66.9 Å². The predicted octanol–water partition coefficient (Wildman–Crippen LogP) is 2.89. The van der Waals surface area contributed by atoms with Gasteiger partial charge in [-0.25, -0.2) is 14.1 Å². The summed E-state index contributed by atoms with van der Waals surface area (Å²) in [6.45, 7) is 1.80. The molecule has 3 N–H and O–H groups in total. The van der Waals surface area contributed by atoms with E-state index in [9.17, 15) is 14.0 Å². The number of primary amides is 1. The molecule has 8 heteroatoms. The topological polar surface area (TPSA) is 103 Å². The van der Waals surface area contributed by atoms with Crippen LogP contribution >= 0.6 is 0 Å². The standard InChI is InChI=1S/C23H20FN5O2/c1-14(21(25)30)27-23(31)18-11-20(16-7-3-2-4-8-16)28-22-19(18)12-26-29(22)13-15-6-5-9-17(24)10-15/h2-12,14H,13H2,1H3,(H2,25,30)(H,27,31). The summed E-state index contributed by atoms with van der Waals surface area (Å²) in [6, 6.07) is 16.5. The minimum atomic E-state index is -0.835. The molecular formula is C23H20FN5O2. The minimum absolute atomic E-state index is 0.283. The first kappa shape index (κ1) is 20.2. The molecule has 0 aliphatic rings. The number of benzene rings is 2. The number of rotatable bonds is 6. The van der Waals surface area contributed by atoms with Crippen molar-refractivity contribution in [2.24, 2.45) is 5.73 Å². The van der Waals surface area contributed by atoms with E-state index in [4.69, 9.17) is 10.7 Å². The lowest BCUT2D eigenvalue weighted by molar-refractivity contribution is -0.119. The number of aromatic nitrogens is 3. The average molecular weight is 417 g/mol. The van der Waals surface area contributed by atoms with Crippen molar-refractivity contribution in [2.45, 2.75) is 19.5 Å². The number of nitrogens with zero attached hydrogens (tertiary/aromatic N) is 3. The lowest BCUT2D eigenvalue weighted by Crippen LogP contribution is -2.42. The lowest BCUT2D eigenvalue weighted by atomic mass is 10.1. The molecule has 2 aromatic carbocycles. The molecule has 2 aromatic heterocycles. The van der Waals surface area contributed by atoms with Gasteiger partial charge in [-0.15, -0.1) is 0 Å².